The van der Waals surface area contributed by atoms with Crippen LogP contribution in [-0.4, -0.2) is 30.0 Å². The summed E-state index contributed by atoms with van der Waals surface area (Å²) in [5, 5.41) is 9.21. The Bertz CT molecular complexity index is 556. The Balaban J connectivity index is 2.28. The SMILES string of the molecule is CC1(C)OB(C(=Cc2ccc(O)c(F)c2)CN)OC1(C)C. The van der Waals surface area contributed by atoms with Gasteiger partial charge in [0.1, 0.15) is 0 Å². The molecule has 0 atom stereocenters. The molecular weight excluding hydrogens is 272 g/mol. The predicted octanol–water partition coefficient (Wildman–Crippen LogP) is 2.50. The Hall–Kier alpha value is -1.37. The van der Waals surface area contributed by atoms with Crippen LogP contribution >= 0.6 is 0 Å². The third-order valence-corrected chi connectivity index (χ3v) is 4.12. The summed E-state index contributed by atoms with van der Waals surface area (Å²) in [6.45, 7) is 8.07. The molecule has 4 nitrogen and oxygen atoms in total. The van der Waals surface area contributed by atoms with E-state index in [-0.39, 0.29) is 12.3 Å². The lowest BCUT2D eigenvalue weighted by Crippen LogP contribution is -2.41. The Morgan fingerprint density at radius 1 is 1.29 bits per heavy atom. The molecule has 1 aliphatic heterocycles. The number of benzene rings is 1. The van der Waals surface area contributed by atoms with Gasteiger partial charge in [-0.25, -0.2) is 4.39 Å². The summed E-state index contributed by atoms with van der Waals surface area (Å²) < 4.78 is 25.2. The topological polar surface area (TPSA) is 64.7 Å². The van der Waals surface area contributed by atoms with E-state index in [2.05, 4.69) is 0 Å². The van der Waals surface area contributed by atoms with Crippen LogP contribution in [0.5, 0.6) is 5.75 Å². The highest BCUT2D eigenvalue weighted by atomic mass is 19.1. The van der Waals surface area contributed by atoms with Gasteiger partial charge in [0.25, 0.3) is 0 Å². The minimum absolute atomic E-state index is 0.235. The van der Waals surface area contributed by atoms with Gasteiger partial charge >= 0.3 is 7.12 Å². The molecule has 1 aromatic carbocycles. The Kier molecular flexibility index (Phi) is 4.15. The van der Waals surface area contributed by atoms with Gasteiger partial charge in [-0.1, -0.05) is 12.1 Å². The van der Waals surface area contributed by atoms with Gasteiger partial charge in [0.15, 0.2) is 11.6 Å². The molecule has 1 fully saturated rings. The standard InChI is InChI=1S/C15H21BFNO3/c1-14(2)15(3,4)21-16(20-14)11(9-18)7-10-5-6-13(19)12(17)8-10/h5-8,19H,9,18H2,1-4H3. The second-order valence-corrected chi connectivity index (χ2v) is 6.22. The zero-order chi connectivity index (χ0) is 15.8. The summed E-state index contributed by atoms with van der Waals surface area (Å²) in [5.74, 6) is -1.05. The number of rotatable bonds is 3. The first-order chi connectivity index (χ1) is 9.66. The maximum atomic E-state index is 13.4. The monoisotopic (exact) mass is 293 g/mol. The fraction of sp³-hybridized carbons (Fsp3) is 0.467. The third kappa shape index (κ3) is 3.12. The molecule has 1 heterocycles. The zero-order valence-corrected chi connectivity index (χ0v) is 12.8. The average molecular weight is 293 g/mol. The summed E-state index contributed by atoms with van der Waals surface area (Å²) in [7, 11) is -0.558. The van der Waals surface area contributed by atoms with E-state index in [1.807, 2.05) is 27.7 Å². The summed E-state index contributed by atoms with van der Waals surface area (Å²) in [5.41, 5.74) is 6.19. The third-order valence-electron chi connectivity index (χ3n) is 4.12. The summed E-state index contributed by atoms with van der Waals surface area (Å²) >= 11 is 0. The summed E-state index contributed by atoms with van der Waals surface area (Å²) in [6, 6.07) is 4.16. The number of phenols is 1. The molecule has 21 heavy (non-hydrogen) atoms. The number of halogens is 1. The first-order valence-corrected chi connectivity index (χ1v) is 6.91. The van der Waals surface area contributed by atoms with Gasteiger partial charge in [-0.2, -0.15) is 0 Å². The molecule has 1 aromatic rings. The molecular formula is C15H21BFNO3. The van der Waals surface area contributed by atoms with Gasteiger partial charge in [0.05, 0.1) is 11.2 Å². The number of phenolic OH excluding ortho intramolecular Hbond substituents is 1. The molecule has 0 amide bonds. The Morgan fingerprint density at radius 2 is 1.86 bits per heavy atom. The molecule has 1 aliphatic rings. The van der Waals surface area contributed by atoms with Crippen LogP contribution in [0.3, 0.4) is 0 Å². The highest BCUT2D eigenvalue weighted by molar-refractivity contribution is 6.55. The maximum absolute atomic E-state index is 13.4. The van der Waals surface area contributed by atoms with E-state index in [1.54, 1.807) is 12.1 Å². The van der Waals surface area contributed by atoms with Crippen LogP contribution in [0.2, 0.25) is 0 Å². The Morgan fingerprint density at radius 3 is 2.33 bits per heavy atom. The number of nitrogens with two attached hydrogens (primary N) is 1. The quantitative estimate of drug-likeness (QED) is 0.840. The Labute approximate surface area is 124 Å². The average Bonchev–Trinajstić information content (AvgIpc) is 2.59. The fourth-order valence-electron chi connectivity index (χ4n) is 2.04. The van der Waals surface area contributed by atoms with E-state index in [4.69, 9.17) is 15.0 Å². The maximum Gasteiger partial charge on any atom is 0.491 e. The smallest absolute Gasteiger partial charge is 0.491 e. The molecule has 0 spiro atoms. The van der Waals surface area contributed by atoms with E-state index < -0.39 is 24.1 Å². The number of hydrogen-bond acceptors (Lipinski definition) is 4. The van der Waals surface area contributed by atoms with Crippen LogP contribution in [0.15, 0.2) is 23.7 Å². The van der Waals surface area contributed by atoms with E-state index in [0.717, 1.165) is 5.47 Å². The predicted molar refractivity (Wildman–Crippen MR) is 81.2 cm³/mol. The molecule has 1 saturated heterocycles. The zero-order valence-electron chi connectivity index (χ0n) is 12.8. The van der Waals surface area contributed by atoms with Crippen molar-refractivity contribution >= 4 is 13.2 Å². The number of aromatic hydroxyl groups is 1. The van der Waals surface area contributed by atoms with Crippen molar-refractivity contribution in [3.63, 3.8) is 0 Å². The number of hydrogen-bond donors (Lipinski definition) is 2. The van der Waals surface area contributed by atoms with Gasteiger partial charge in [-0.05, 0) is 50.9 Å². The molecule has 0 aliphatic carbocycles. The van der Waals surface area contributed by atoms with Crippen LogP contribution in [0.1, 0.15) is 33.3 Å². The van der Waals surface area contributed by atoms with Crippen molar-refractivity contribution in [2.24, 2.45) is 5.73 Å². The van der Waals surface area contributed by atoms with Crippen molar-refractivity contribution in [1.82, 2.24) is 0 Å². The molecule has 0 saturated carbocycles. The molecule has 0 unspecified atom stereocenters. The first-order valence-electron chi connectivity index (χ1n) is 6.91. The first kappa shape index (κ1) is 16.0. The van der Waals surface area contributed by atoms with Crippen LogP contribution in [0, 0.1) is 5.82 Å². The molecule has 0 bridgehead atoms. The van der Waals surface area contributed by atoms with Crippen molar-refractivity contribution in [3.8, 4) is 5.75 Å². The molecule has 0 aromatic heterocycles. The van der Waals surface area contributed by atoms with E-state index in [9.17, 15) is 9.50 Å². The molecule has 0 radical (unpaired) electrons. The second-order valence-electron chi connectivity index (χ2n) is 6.22. The minimum Gasteiger partial charge on any atom is -0.505 e. The van der Waals surface area contributed by atoms with Gasteiger partial charge in [0, 0.05) is 6.54 Å². The highest BCUT2D eigenvalue weighted by Gasteiger charge is 2.52. The van der Waals surface area contributed by atoms with Gasteiger partial charge in [-0.15, -0.1) is 0 Å². The normalized spacial score (nSPS) is 20.9. The lowest BCUT2D eigenvalue weighted by molar-refractivity contribution is 0.00578. The molecule has 114 valence electrons. The largest absolute Gasteiger partial charge is 0.505 e. The summed E-state index contributed by atoms with van der Waals surface area (Å²) in [6.07, 6.45) is 1.73. The van der Waals surface area contributed by atoms with Crippen LogP contribution in [-0.2, 0) is 9.31 Å². The van der Waals surface area contributed by atoms with Gasteiger partial charge in [0.2, 0.25) is 0 Å². The van der Waals surface area contributed by atoms with Gasteiger partial charge in [-0.3, -0.25) is 0 Å². The van der Waals surface area contributed by atoms with Crippen molar-refractivity contribution in [1.29, 1.82) is 0 Å². The highest BCUT2D eigenvalue weighted by Crippen LogP contribution is 2.38. The van der Waals surface area contributed by atoms with Crippen molar-refractivity contribution < 1.29 is 18.8 Å². The lowest BCUT2D eigenvalue weighted by atomic mass is 9.77. The van der Waals surface area contributed by atoms with E-state index in [0.29, 0.717) is 5.56 Å². The van der Waals surface area contributed by atoms with E-state index >= 15 is 0 Å². The van der Waals surface area contributed by atoms with Crippen molar-refractivity contribution in [3.05, 3.63) is 35.1 Å². The second kappa shape index (κ2) is 5.44. The van der Waals surface area contributed by atoms with Crippen molar-refractivity contribution in [2.45, 2.75) is 38.9 Å². The lowest BCUT2D eigenvalue weighted by Gasteiger charge is -2.32. The van der Waals surface area contributed by atoms with Gasteiger partial charge < -0.3 is 20.1 Å². The minimum atomic E-state index is -0.672. The molecule has 6 heteroatoms. The van der Waals surface area contributed by atoms with E-state index in [1.165, 1.54) is 12.1 Å². The van der Waals surface area contributed by atoms with Crippen LogP contribution in [0.25, 0.3) is 6.08 Å². The van der Waals surface area contributed by atoms with Crippen LogP contribution < -0.4 is 5.73 Å². The molecule has 3 N–H and O–H groups in total. The van der Waals surface area contributed by atoms with Crippen LogP contribution in [0.4, 0.5) is 4.39 Å². The van der Waals surface area contributed by atoms with Crippen molar-refractivity contribution in [2.75, 3.05) is 6.54 Å². The summed E-state index contributed by atoms with van der Waals surface area (Å²) in [4.78, 5) is 0. The molecule has 2 rings (SSSR count). The fourth-order valence-corrected chi connectivity index (χ4v) is 2.04.